The molecule has 0 amide bonds. The van der Waals surface area contributed by atoms with E-state index in [0.717, 1.165) is 0 Å². The standard InChI is InChI=1S/C9H16BO4PS/c1-5-6(4-11-16-15-10)12-8-7(5)13-9(2,3)14-8/h5-8,15H,4H2,1-3H3. The molecule has 5 atom stereocenters. The van der Waals surface area contributed by atoms with Gasteiger partial charge in [0, 0.05) is 17.6 Å². The Hall–Kier alpha value is 0.685. The van der Waals surface area contributed by atoms with Crippen molar-refractivity contribution in [2.24, 2.45) is 5.92 Å². The summed E-state index contributed by atoms with van der Waals surface area (Å²) >= 11 is 1.27. The minimum atomic E-state index is -0.539. The van der Waals surface area contributed by atoms with Gasteiger partial charge in [-0.3, -0.25) is 0 Å². The van der Waals surface area contributed by atoms with Crippen molar-refractivity contribution in [1.82, 2.24) is 0 Å². The minimum Gasteiger partial charge on any atom is -0.344 e. The molecule has 0 saturated carbocycles. The molecule has 7 heteroatoms. The van der Waals surface area contributed by atoms with Crippen LogP contribution in [0.15, 0.2) is 0 Å². The second-order valence-electron chi connectivity index (χ2n) is 4.49. The van der Waals surface area contributed by atoms with E-state index < -0.39 is 5.79 Å². The minimum absolute atomic E-state index is 0.00826. The molecule has 2 aliphatic heterocycles. The van der Waals surface area contributed by atoms with E-state index in [-0.39, 0.29) is 32.1 Å². The molecule has 2 saturated heterocycles. The predicted octanol–water partition coefficient (Wildman–Crippen LogP) is 1.84. The first-order chi connectivity index (χ1) is 7.53. The monoisotopic (exact) mass is 262 g/mol. The fourth-order valence-corrected chi connectivity index (χ4v) is 2.73. The second-order valence-corrected chi connectivity index (χ2v) is 6.33. The molecule has 2 radical (unpaired) electrons. The van der Waals surface area contributed by atoms with Gasteiger partial charge in [0.15, 0.2) is 12.1 Å². The lowest BCUT2D eigenvalue weighted by atomic mass is 10.0. The van der Waals surface area contributed by atoms with E-state index in [0.29, 0.717) is 6.61 Å². The molecule has 5 unspecified atom stereocenters. The lowest BCUT2D eigenvalue weighted by molar-refractivity contribution is -0.211. The van der Waals surface area contributed by atoms with Crippen molar-refractivity contribution in [2.45, 2.75) is 45.1 Å². The second kappa shape index (κ2) is 5.13. The average Bonchev–Trinajstić information content (AvgIpc) is 2.63. The molecule has 2 fully saturated rings. The van der Waals surface area contributed by atoms with Crippen LogP contribution >= 0.6 is 19.3 Å². The van der Waals surface area contributed by atoms with Crippen molar-refractivity contribution in [3.8, 4) is 0 Å². The molecule has 16 heavy (non-hydrogen) atoms. The summed E-state index contributed by atoms with van der Waals surface area (Å²) in [5, 5.41) is 0. The summed E-state index contributed by atoms with van der Waals surface area (Å²) < 4.78 is 22.5. The third kappa shape index (κ3) is 2.74. The Kier molecular flexibility index (Phi) is 4.21. The largest absolute Gasteiger partial charge is 0.344 e. The van der Waals surface area contributed by atoms with Gasteiger partial charge < -0.3 is 18.4 Å². The van der Waals surface area contributed by atoms with Crippen LogP contribution in [0.25, 0.3) is 0 Å². The molecule has 0 spiro atoms. The summed E-state index contributed by atoms with van der Waals surface area (Å²) in [4.78, 5) is 0. The van der Waals surface area contributed by atoms with Crippen LogP contribution in [-0.2, 0) is 18.4 Å². The first-order valence-electron chi connectivity index (χ1n) is 5.28. The van der Waals surface area contributed by atoms with Crippen molar-refractivity contribution >= 4 is 26.9 Å². The number of rotatable bonds is 4. The van der Waals surface area contributed by atoms with E-state index in [2.05, 4.69) is 6.92 Å². The molecule has 0 N–H and O–H groups in total. The third-order valence-electron chi connectivity index (χ3n) is 2.84. The van der Waals surface area contributed by atoms with Crippen LogP contribution in [0.1, 0.15) is 20.8 Å². The van der Waals surface area contributed by atoms with E-state index in [1.165, 1.54) is 11.7 Å². The van der Waals surface area contributed by atoms with Gasteiger partial charge in [-0.25, -0.2) is 0 Å². The van der Waals surface area contributed by atoms with Gasteiger partial charge in [-0.05, 0) is 13.8 Å². The van der Waals surface area contributed by atoms with Gasteiger partial charge in [0.1, 0.15) is 13.7 Å². The molecular formula is C9H16BO4PS. The quantitative estimate of drug-likeness (QED) is 0.334. The Morgan fingerprint density at radius 3 is 2.81 bits per heavy atom. The highest BCUT2D eigenvalue weighted by Gasteiger charge is 2.52. The van der Waals surface area contributed by atoms with Crippen molar-refractivity contribution in [2.75, 3.05) is 6.61 Å². The molecule has 0 aromatic rings. The summed E-state index contributed by atoms with van der Waals surface area (Å²) in [6.45, 7) is 6.42. The SMILES string of the molecule is [B]PSOCC1OC2OC(C)(C)OC2C1C. The Morgan fingerprint density at radius 1 is 1.44 bits per heavy atom. The molecule has 0 aliphatic carbocycles. The molecule has 0 aromatic carbocycles. The first-order valence-corrected chi connectivity index (χ1v) is 7.83. The van der Waals surface area contributed by atoms with Gasteiger partial charge in [-0.2, -0.15) is 0 Å². The zero-order valence-corrected chi connectivity index (χ0v) is 11.5. The van der Waals surface area contributed by atoms with Crippen LogP contribution in [0.5, 0.6) is 0 Å². The van der Waals surface area contributed by atoms with Gasteiger partial charge in [0.05, 0.1) is 12.7 Å². The van der Waals surface area contributed by atoms with E-state index in [9.17, 15) is 0 Å². The van der Waals surface area contributed by atoms with E-state index in [1.54, 1.807) is 0 Å². The van der Waals surface area contributed by atoms with Gasteiger partial charge in [0.2, 0.25) is 0 Å². The molecule has 2 heterocycles. The van der Waals surface area contributed by atoms with Crippen LogP contribution in [0.4, 0.5) is 0 Å². The van der Waals surface area contributed by atoms with Crippen LogP contribution in [0, 0.1) is 5.92 Å². The van der Waals surface area contributed by atoms with Crippen LogP contribution in [0.3, 0.4) is 0 Å². The highest BCUT2D eigenvalue weighted by atomic mass is 32.7. The van der Waals surface area contributed by atoms with Crippen molar-refractivity contribution in [3.05, 3.63) is 0 Å². The van der Waals surface area contributed by atoms with E-state index in [4.69, 9.17) is 26.0 Å². The average molecular weight is 262 g/mol. The zero-order chi connectivity index (χ0) is 11.8. The van der Waals surface area contributed by atoms with Gasteiger partial charge in [-0.15, -0.1) is 0 Å². The van der Waals surface area contributed by atoms with Crippen LogP contribution in [-0.4, -0.2) is 38.5 Å². The Labute approximate surface area is 103 Å². The maximum absolute atomic E-state index is 5.79. The Balaban J connectivity index is 1.85. The van der Waals surface area contributed by atoms with Gasteiger partial charge in [0.25, 0.3) is 0 Å². The molecule has 4 nitrogen and oxygen atoms in total. The summed E-state index contributed by atoms with van der Waals surface area (Å²) in [6, 6.07) is 0. The first kappa shape index (κ1) is 13.1. The summed E-state index contributed by atoms with van der Waals surface area (Å²) in [6.07, 6.45) is -0.229. The fourth-order valence-electron chi connectivity index (χ4n) is 2.05. The van der Waals surface area contributed by atoms with Crippen LogP contribution in [0.2, 0.25) is 0 Å². The topological polar surface area (TPSA) is 36.9 Å². The molecular weight excluding hydrogens is 246 g/mol. The highest BCUT2D eigenvalue weighted by molar-refractivity contribution is 8.53. The van der Waals surface area contributed by atoms with E-state index >= 15 is 0 Å². The van der Waals surface area contributed by atoms with Crippen molar-refractivity contribution in [3.63, 3.8) is 0 Å². The molecule has 0 bridgehead atoms. The zero-order valence-electron chi connectivity index (χ0n) is 9.64. The Bertz CT molecular complexity index is 256. The predicted molar refractivity (Wildman–Crippen MR) is 65.5 cm³/mol. The third-order valence-corrected chi connectivity index (χ3v) is 3.83. The van der Waals surface area contributed by atoms with Crippen molar-refractivity contribution in [1.29, 1.82) is 0 Å². The summed E-state index contributed by atoms with van der Waals surface area (Å²) in [7, 11) is 5.59. The fraction of sp³-hybridized carbons (Fsp3) is 1.00. The maximum Gasteiger partial charge on any atom is 0.187 e. The molecule has 2 rings (SSSR count). The number of hydrogen-bond donors (Lipinski definition) is 0. The van der Waals surface area contributed by atoms with E-state index in [1.807, 2.05) is 13.8 Å². The highest BCUT2D eigenvalue weighted by Crippen LogP contribution is 2.41. The summed E-state index contributed by atoms with van der Waals surface area (Å²) in [5.41, 5.74) is 0. The molecule has 0 aromatic heterocycles. The molecule has 2 aliphatic rings. The van der Waals surface area contributed by atoms with Gasteiger partial charge >= 0.3 is 0 Å². The lowest BCUT2D eigenvalue weighted by Gasteiger charge is -2.23. The van der Waals surface area contributed by atoms with Gasteiger partial charge in [-0.1, -0.05) is 14.6 Å². The lowest BCUT2D eigenvalue weighted by Crippen LogP contribution is -2.30. The molecule has 90 valence electrons. The maximum atomic E-state index is 5.79. The Morgan fingerprint density at radius 2 is 2.19 bits per heavy atom. The normalized spacial score (nSPS) is 41.9. The number of ether oxygens (including phenoxy) is 3. The number of fused-ring (bicyclic) bond motifs is 1. The summed E-state index contributed by atoms with van der Waals surface area (Å²) in [5.74, 6) is -0.267. The van der Waals surface area contributed by atoms with Crippen LogP contribution < -0.4 is 0 Å². The number of hydrogen-bond acceptors (Lipinski definition) is 5. The smallest absolute Gasteiger partial charge is 0.187 e. The van der Waals surface area contributed by atoms with Crippen molar-refractivity contribution < 1.29 is 18.4 Å².